The van der Waals surface area contributed by atoms with Gasteiger partial charge in [0.05, 0.1) is 4.95 Å². The molecule has 0 rings (SSSR count). The summed E-state index contributed by atoms with van der Waals surface area (Å²) < 4.78 is 0. The van der Waals surface area contributed by atoms with E-state index in [1.165, 1.54) is 0 Å². The molecule has 0 aliphatic heterocycles. The van der Waals surface area contributed by atoms with Gasteiger partial charge in [-0.1, -0.05) is 36.2 Å². The Labute approximate surface area is 91.8 Å². The number of alkyl halides is 1. The highest BCUT2D eigenvalue weighted by Crippen LogP contribution is 2.13. The molecule has 0 aromatic rings. The second-order valence-electron chi connectivity index (χ2n) is 2.67. The van der Waals surface area contributed by atoms with Crippen molar-refractivity contribution in [2.75, 3.05) is 0 Å². The Bertz CT molecular complexity index is 133. The highest BCUT2D eigenvalue weighted by atomic mass is 79.9. The van der Waals surface area contributed by atoms with Crippen molar-refractivity contribution in [1.29, 1.82) is 0 Å². The highest BCUT2D eigenvalue weighted by Gasteiger charge is 2.09. The van der Waals surface area contributed by atoms with Crippen molar-refractivity contribution in [3.05, 3.63) is 0 Å². The third kappa shape index (κ3) is 8.33. The van der Waals surface area contributed by atoms with Crippen LogP contribution in [0.1, 0.15) is 26.7 Å². The molecule has 0 saturated carbocycles. The van der Waals surface area contributed by atoms with Crippen LogP contribution in [0.4, 0.5) is 4.79 Å². The maximum Gasteiger partial charge on any atom is 0.405 e. The number of carboxylic acid groups (broad SMARTS) is 1. The van der Waals surface area contributed by atoms with Crippen molar-refractivity contribution in [2.45, 2.75) is 31.6 Å². The number of halogens is 2. The van der Waals surface area contributed by atoms with E-state index in [2.05, 4.69) is 35.1 Å². The van der Waals surface area contributed by atoms with Crippen LogP contribution < -0.4 is 5.32 Å². The topological polar surface area (TPSA) is 49.3 Å². The number of hydrogen-bond donors (Lipinski definition) is 2. The first-order valence-corrected chi connectivity index (χ1v) is 4.61. The minimum absolute atomic E-state index is 0. The summed E-state index contributed by atoms with van der Waals surface area (Å²) >= 11 is 3.23. The van der Waals surface area contributed by atoms with Crippen molar-refractivity contribution in [2.24, 2.45) is 5.92 Å². The molecule has 12 heavy (non-hydrogen) atoms. The van der Waals surface area contributed by atoms with Crippen LogP contribution in [0.5, 0.6) is 0 Å². The van der Waals surface area contributed by atoms with Gasteiger partial charge in [-0.2, -0.15) is 0 Å². The van der Waals surface area contributed by atoms with Gasteiger partial charge in [0.25, 0.3) is 0 Å². The molecule has 0 fully saturated rings. The number of nitrogens with one attached hydrogen (secondary N) is 1. The molecule has 0 bridgehead atoms. The molecule has 0 aliphatic carbocycles. The molecule has 0 aliphatic rings. The van der Waals surface area contributed by atoms with Crippen LogP contribution in [-0.2, 0) is 0 Å². The molecule has 74 valence electrons. The first-order chi connectivity index (χ1) is 5.06. The quantitative estimate of drug-likeness (QED) is 0.619. The summed E-state index contributed by atoms with van der Waals surface area (Å²) in [4.78, 5) is 10.0. The zero-order chi connectivity index (χ0) is 8.85. The average Bonchev–Trinajstić information content (AvgIpc) is 1.85. The largest absolute Gasteiger partial charge is 0.465 e. The Kier molecular flexibility index (Phi) is 9.65. The summed E-state index contributed by atoms with van der Waals surface area (Å²) in [5, 5.41) is 10.7. The first-order valence-electron chi connectivity index (χ1n) is 3.69. The first kappa shape index (κ1) is 14.7. The van der Waals surface area contributed by atoms with Crippen LogP contribution in [0.25, 0.3) is 0 Å². The van der Waals surface area contributed by atoms with E-state index in [1.807, 2.05) is 0 Å². The van der Waals surface area contributed by atoms with E-state index in [0.717, 1.165) is 12.8 Å². The minimum atomic E-state index is -0.977. The molecular weight excluding hydrogens is 290 g/mol. The fourth-order valence-corrected chi connectivity index (χ4v) is 1.55. The summed E-state index contributed by atoms with van der Waals surface area (Å²) in [5.74, 6) is 0.547. The standard InChI is InChI=1S/C7H14BrNO2.BrH/c1-3-5(2)4-6(8)9-7(10)11;/h5-6,9H,3-4H2,1-2H3,(H,10,11);1H. The summed E-state index contributed by atoms with van der Waals surface area (Å²) in [7, 11) is 0. The lowest BCUT2D eigenvalue weighted by atomic mass is 10.1. The number of rotatable bonds is 4. The van der Waals surface area contributed by atoms with Crippen molar-refractivity contribution < 1.29 is 9.90 Å². The highest BCUT2D eigenvalue weighted by molar-refractivity contribution is 9.09. The molecule has 2 atom stereocenters. The van der Waals surface area contributed by atoms with Gasteiger partial charge in [0.2, 0.25) is 0 Å². The molecule has 3 nitrogen and oxygen atoms in total. The summed E-state index contributed by atoms with van der Waals surface area (Å²) in [5.41, 5.74) is 0. The lowest BCUT2D eigenvalue weighted by Crippen LogP contribution is -2.29. The second kappa shape index (κ2) is 7.86. The Morgan fingerprint density at radius 3 is 2.50 bits per heavy atom. The zero-order valence-corrected chi connectivity index (χ0v) is 10.5. The Morgan fingerprint density at radius 1 is 1.67 bits per heavy atom. The molecule has 5 heteroatoms. The van der Waals surface area contributed by atoms with Crippen molar-refractivity contribution in [3.63, 3.8) is 0 Å². The van der Waals surface area contributed by atoms with Gasteiger partial charge >= 0.3 is 6.09 Å². The van der Waals surface area contributed by atoms with Gasteiger partial charge in [0.1, 0.15) is 0 Å². The van der Waals surface area contributed by atoms with E-state index in [1.54, 1.807) is 0 Å². The SMILES string of the molecule is Br.CCC(C)CC(Br)NC(=O)O. The van der Waals surface area contributed by atoms with Crippen molar-refractivity contribution >= 4 is 39.0 Å². The molecule has 0 heterocycles. The summed E-state index contributed by atoms with van der Waals surface area (Å²) in [6.45, 7) is 4.18. The lowest BCUT2D eigenvalue weighted by molar-refractivity contribution is 0.192. The predicted molar refractivity (Wildman–Crippen MR) is 58.3 cm³/mol. The monoisotopic (exact) mass is 303 g/mol. The second-order valence-corrected chi connectivity index (χ2v) is 3.77. The molecule has 0 aromatic heterocycles. The Balaban J connectivity index is 0. The van der Waals surface area contributed by atoms with Crippen molar-refractivity contribution in [1.82, 2.24) is 5.32 Å². The Morgan fingerprint density at radius 2 is 2.17 bits per heavy atom. The molecule has 0 radical (unpaired) electrons. The average molecular weight is 305 g/mol. The maximum atomic E-state index is 10.1. The van der Waals surface area contributed by atoms with Gasteiger partial charge < -0.3 is 10.4 Å². The van der Waals surface area contributed by atoms with E-state index in [4.69, 9.17) is 5.11 Å². The van der Waals surface area contributed by atoms with Crippen LogP contribution in [0.15, 0.2) is 0 Å². The smallest absolute Gasteiger partial charge is 0.405 e. The molecule has 0 aromatic carbocycles. The van der Waals surface area contributed by atoms with Gasteiger partial charge in [-0.05, 0) is 12.3 Å². The predicted octanol–water partition coefficient (Wildman–Crippen LogP) is 2.99. The molecule has 0 saturated heterocycles. The van der Waals surface area contributed by atoms with Gasteiger partial charge in [0.15, 0.2) is 0 Å². The number of amides is 1. The fraction of sp³-hybridized carbons (Fsp3) is 0.857. The van der Waals surface area contributed by atoms with Gasteiger partial charge in [-0.3, -0.25) is 0 Å². The van der Waals surface area contributed by atoms with Gasteiger partial charge in [0, 0.05) is 0 Å². The normalized spacial score (nSPS) is 14.2. The molecule has 1 amide bonds. The van der Waals surface area contributed by atoms with E-state index in [0.29, 0.717) is 5.92 Å². The maximum absolute atomic E-state index is 10.1. The Hall–Kier alpha value is 0.230. The summed E-state index contributed by atoms with van der Waals surface area (Å²) in [6, 6.07) is 0. The van der Waals surface area contributed by atoms with Crippen LogP contribution >= 0.6 is 32.9 Å². The summed E-state index contributed by atoms with van der Waals surface area (Å²) in [6.07, 6.45) is 0.932. The fourth-order valence-electron chi connectivity index (χ4n) is 0.713. The third-order valence-electron chi connectivity index (χ3n) is 1.59. The van der Waals surface area contributed by atoms with E-state index >= 15 is 0 Å². The molecule has 2 N–H and O–H groups in total. The van der Waals surface area contributed by atoms with E-state index in [9.17, 15) is 4.79 Å². The number of carbonyl (C=O) groups is 1. The molecular formula is C7H15Br2NO2. The minimum Gasteiger partial charge on any atom is -0.465 e. The molecule has 0 spiro atoms. The van der Waals surface area contributed by atoms with Crippen molar-refractivity contribution in [3.8, 4) is 0 Å². The van der Waals surface area contributed by atoms with E-state index < -0.39 is 6.09 Å². The van der Waals surface area contributed by atoms with E-state index in [-0.39, 0.29) is 21.9 Å². The van der Waals surface area contributed by atoms with Crippen LogP contribution in [-0.4, -0.2) is 16.2 Å². The van der Waals surface area contributed by atoms with Gasteiger partial charge in [-0.25, -0.2) is 4.79 Å². The number of hydrogen-bond acceptors (Lipinski definition) is 1. The zero-order valence-electron chi connectivity index (χ0n) is 7.21. The van der Waals surface area contributed by atoms with Crippen LogP contribution in [0, 0.1) is 5.92 Å². The lowest BCUT2D eigenvalue weighted by Gasteiger charge is -2.13. The van der Waals surface area contributed by atoms with Crippen LogP contribution in [0.3, 0.4) is 0 Å². The molecule has 2 unspecified atom stereocenters. The van der Waals surface area contributed by atoms with Crippen LogP contribution in [0.2, 0.25) is 0 Å². The van der Waals surface area contributed by atoms with Gasteiger partial charge in [-0.15, -0.1) is 17.0 Å². The third-order valence-corrected chi connectivity index (χ3v) is 2.19.